The molecule has 1 unspecified atom stereocenters. The number of carbonyl (C=O) groups excluding carboxylic acids is 1. The summed E-state index contributed by atoms with van der Waals surface area (Å²) in [5.41, 5.74) is 2.82. The van der Waals surface area contributed by atoms with E-state index in [-0.39, 0.29) is 16.7 Å². The van der Waals surface area contributed by atoms with Gasteiger partial charge < -0.3 is 5.32 Å². The molecule has 0 radical (unpaired) electrons. The van der Waals surface area contributed by atoms with Gasteiger partial charge in [0.1, 0.15) is 4.90 Å². The summed E-state index contributed by atoms with van der Waals surface area (Å²) in [5, 5.41) is 9.32. The highest BCUT2D eigenvalue weighted by molar-refractivity contribution is 7.92. The first-order chi connectivity index (χ1) is 10.3. The van der Waals surface area contributed by atoms with Crippen molar-refractivity contribution in [3.8, 4) is 0 Å². The minimum Gasteiger partial charge on any atom is -0.325 e. The highest BCUT2D eigenvalue weighted by Crippen LogP contribution is 2.34. The Balaban J connectivity index is 1.96. The van der Waals surface area contributed by atoms with E-state index in [1.165, 1.54) is 0 Å². The van der Waals surface area contributed by atoms with Crippen molar-refractivity contribution < 1.29 is 13.2 Å². The van der Waals surface area contributed by atoms with E-state index in [1.807, 2.05) is 0 Å². The van der Waals surface area contributed by atoms with Crippen LogP contribution in [0.4, 0.5) is 11.4 Å². The minimum atomic E-state index is -3.73. The van der Waals surface area contributed by atoms with Crippen LogP contribution in [0, 0.1) is 13.8 Å². The number of aromatic nitrogens is 2. The average molecular weight is 320 g/mol. The number of sulfonamides is 1. The second kappa shape index (κ2) is 4.84. The van der Waals surface area contributed by atoms with Gasteiger partial charge in [-0.25, -0.2) is 8.42 Å². The van der Waals surface area contributed by atoms with Gasteiger partial charge in [-0.3, -0.25) is 14.6 Å². The lowest BCUT2D eigenvalue weighted by molar-refractivity contribution is -0.116. The SMILES string of the molecule is Cc1n[nH]c(C)c1S(=O)(=O)Nc1ccc2c(c1)C(C)C(=O)N2. The van der Waals surface area contributed by atoms with Gasteiger partial charge in [0.15, 0.2) is 0 Å². The maximum Gasteiger partial charge on any atom is 0.265 e. The molecule has 0 saturated heterocycles. The first-order valence-electron chi connectivity index (χ1n) is 6.79. The van der Waals surface area contributed by atoms with E-state index < -0.39 is 10.0 Å². The van der Waals surface area contributed by atoms with Crippen LogP contribution in [0.25, 0.3) is 0 Å². The molecule has 1 aliphatic rings. The van der Waals surface area contributed by atoms with Crippen LogP contribution >= 0.6 is 0 Å². The van der Waals surface area contributed by atoms with Crippen molar-refractivity contribution in [2.24, 2.45) is 0 Å². The number of hydrogen-bond acceptors (Lipinski definition) is 4. The van der Waals surface area contributed by atoms with Gasteiger partial charge in [-0.15, -0.1) is 0 Å². The van der Waals surface area contributed by atoms with Crippen LogP contribution in [0.2, 0.25) is 0 Å². The molecule has 22 heavy (non-hydrogen) atoms. The average Bonchev–Trinajstić information content (AvgIpc) is 2.91. The Labute approximate surface area is 128 Å². The third-order valence-electron chi connectivity index (χ3n) is 3.75. The number of anilines is 2. The Morgan fingerprint density at radius 1 is 1.27 bits per heavy atom. The highest BCUT2D eigenvalue weighted by atomic mass is 32.2. The maximum absolute atomic E-state index is 12.5. The predicted octanol–water partition coefficient (Wildman–Crippen LogP) is 1.88. The third kappa shape index (κ3) is 2.25. The smallest absolute Gasteiger partial charge is 0.265 e. The fraction of sp³-hybridized carbons (Fsp3) is 0.286. The van der Waals surface area contributed by atoms with E-state index >= 15 is 0 Å². The van der Waals surface area contributed by atoms with Gasteiger partial charge >= 0.3 is 0 Å². The van der Waals surface area contributed by atoms with E-state index in [2.05, 4.69) is 20.2 Å². The van der Waals surface area contributed by atoms with Gasteiger partial charge in [-0.05, 0) is 44.5 Å². The monoisotopic (exact) mass is 320 g/mol. The Morgan fingerprint density at radius 2 is 2.00 bits per heavy atom. The molecule has 116 valence electrons. The number of hydrogen-bond donors (Lipinski definition) is 3. The summed E-state index contributed by atoms with van der Waals surface area (Å²) in [6.07, 6.45) is 0. The van der Waals surface area contributed by atoms with Crippen molar-refractivity contribution in [1.29, 1.82) is 0 Å². The summed E-state index contributed by atoms with van der Waals surface area (Å²) in [6.45, 7) is 5.07. The topological polar surface area (TPSA) is 104 Å². The standard InChI is InChI=1S/C14H16N4O3S/c1-7-11-6-10(4-5-12(11)15-14(7)19)18-22(20,21)13-8(2)16-17-9(13)3/h4-7,18H,1-3H3,(H,15,19)(H,16,17). The zero-order valence-electron chi connectivity index (χ0n) is 12.4. The zero-order chi connectivity index (χ0) is 16.1. The molecule has 1 aromatic carbocycles. The van der Waals surface area contributed by atoms with E-state index in [4.69, 9.17) is 0 Å². The number of H-pyrrole nitrogens is 1. The van der Waals surface area contributed by atoms with Gasteiger partial charge in [0.2, 0.25) is 5.91 Å². The number of rotatable bonds is 3. The largest absolute Gasteiger partial charge is 0.325 e. The third-order valence-corrected chi connectivity index (χ3v) is 5.39. The number of carbonyl (C=O) groups is 1. The molecular formula is C14H16N4O3S. The first kappa shape index (κ1) is 14.6. The van der Waals surface area contributed by atoms with Crippen LogP contribution in [0.3, 0.4) is 0 Å². The lowest BCUT2D eigenvalue weighted by Gasteiger charge is -2.10. The van der Waals surface area contributed by atoms with Crippen molar-refractivity contribution >= 4 is 27.3 Å². The molecule has 1 amide bonds. The van der Waals surface area contributed by atoms with Crippen molar-refractivity contribution in [1.82, 2.24) is 10.2 Å². The molecule has 2 aromatic rings. The Kier molecular flexibility index (Phi) is 3.21. The molecular weight excluding hydrogens is 304 g/mol. The summed E-state index contributed by atoms with van der Waals surface area (Å²) in [6, 6.07) is 5.00. The van der Waals surface area contributed by atoms with Gasteiger partial charge in [0, 0.05) is 11.4 Å². The van der Waals surface area contributed by atoms with Crippen molar-refractivity contribution in [2.75, 3.05) is 10.0 Å². The molecule has 2 heterocycles. The van der Waals surface area contributed by atoms with Gasteiger partial charge in [0.05, 0.1) is 17.3 Å². The van der Waals surface area contributed by atoms with Gasteiger partial charge in [-0.2, -0.15) is 5.10 Å². The van der Waals surface area contributed by atoms with Crippen LogP contribution in [-0.4, -0.2) is 24.5 Å². The van der Waals surface area contributed by atoms with Crippen LogP contribution < -0.4 is 10.0 Å². The zero-order valence-corrected chi connectivity index (χ0v) is 13.2. The minimum absolute atomic E-state index is 0.0865. The molecule has 0 aliphatic carbocycles. The van der Waals surface area contributed by atoms with E-state index in [0.29, 0.717) is 17.1 Å². The van der Waals surface area contributed by atoms with Crippen molar-refractivity contribution in [3.05, 3.63) is 35.2 Å². The number of benzene rings is 1. The number of nitrogens with zero attached hydrogens (tertiary/aromatic N) is 1. The Morgan fingerprint density at radius 3 is 2.64 bits per heavy atom. The molecule has 8 heteroatoms. The number of aromatic amines is 1. The van der Waals surface area contributed by atoms with Crippen molar-refractivity contribution in [3.63, 3.8) is 0 Å². The molecule has 1 atom stereocenters. The first-order valence-corrected chi connectivity index (χ1v) is 8.27. The molecule has 0 bridgehead atoms. The molecule has 0 saturated carbocycles. The molecule has 3 N–H and O–H groups in total. The molecule has 1 aliphatic heterocycles. The lowest BCUT2D eigenvalue weighted by Crippen LogP contribution is -2.14. The number of fused-ring (bicyclic) bond motifs is 1. The predicted molar refractivity (Wildman–Crippen MR) is 82.4 cm³/mol. The Hall–Kier alpha value is -2.35. The normalized spacial score (nSPS) is 17.2. The maximum atomic E-state index is 12.5. The molecule has 7 nitrogen and oxygen atoms in total. The van der Waals surface area contributed by atoms with Gasteiger partial charge in [-0.1, -0.05) is 0 Å². The van der Waals surface area contributed by atoms with Crippen LogP contribution in [0.5, 0.6) is 0 Å². The molecule has 0 fully saturated rings. The summed E-state index contributed by atoms with van der Waals surface area (Å²) < 4.78 is 27.5. The quantitative estimate of drug-likeness (QED) is 0.803. The summed E-state index contributed by atoms with van der Waals surface area (Å²) in [7, 11) is -3.73. The fourth-order valence-corrected chi connectivity index (χ4v) is 4.05. The summed E-state index contributed by atoms with van der Waals surface area (Å²) in [4.78, 5) is 11.8. The molecule has 0 spiro atoms. The van der Waals surface area contributed by atoms with E-state index in [0.717, 1.165) is 11.3 Å². The van der Waals surface area contributed by atoms with Crippen LogP contribution in [0.15, 0.2) is 23.1 Å². The highest BCUT2D eigenvalue weighted by Gasteiger charge is 2.28. The molecule has 1 aromatic heterocycles. The number of aryl methyl sites for hydroxylation is 2. The fourth-order valence-electron chi connectivity index (χ4n) is 2.62. The van der Waals surface area contributed by atoms with E-state index in [9.17, 15) is 13.2 Å². The second-order valence-corrected chi connectivity index (χ2v) is 7.00. The van der Waals surface area contributed by atoms with Crippen molar-refractivity contribution in [2.45, 2.75) is 31.6 Å². The molecule has 3 rings (SSSR count). The van der Waals surface area contributed by atoms with Gasteiger partial charge in [0.25, 0.3) is 10.0 Å². The summed E-state index contributed by atoms with van der Waals surface area (Å²) in [5.74, 6) is -0.381. The summed E-state index contributed by atoms with van der Waals surface area (Å²) >= 11 is 0. The Bertz CT molecular complexity index is 851. The number of amides is 1. The lowest BCUT2D eigenvalue weighted by atomic mass is 10.0. The van der Waals surface area contributed by atoms with E-state index in [1.54, 1.807) is 39.0 Å². The van der Waals surface area contributed by atoms with Crippen LogP contribution in [-0.2, 0) is 14.8 Å². The van der Waals surface area contributed by atoms with Crippen LogP contribution in [0.1, 0.15) is 29.8 Å². The second-order valence-electron chi connectivity index (χ2n) is 5.38. The number of nitrogens with one attached hydrogen (secondary N) is 3.